The van der Waals surface area contributed by atoms with Gasteiger partial charge in [-0.2, -0.15) is 13.2 Å². The van der Waals surface area contributed by atoms with E-state index in [2.05, 4.69) is 10.1 Å². The van der Waals surface area contributed by atoms with Crippen molar-refractivity contribution in [1.82, 2.24) is 5.32 Å². The standard InChI is InChI=1S/C11H16F3NO3/c1-2-18-6-5-10(17,11(12,13)14)7-15-9(16)8-3-4-8/h5-6,8,17H,2-4,7H2,1H3,(H,15,16). The van der Waals surface area contributed by atoms with E-state index in [0.29, 0.717) is 18.9 Å². The lowest BCUT2D eigenvalue weighted by Gasteiger charge is -2.27. The average molecular weight is 267 g/mol. The highest BCUT2D eigenvalue weighted by atomic mass is 19.4. The second-order valence-corrected chi connectivity index (χ2v) is 4.17. The van der Waals surface area contributed by atoms with Crippen LogP contribution in [0.3, 0.4) is 0 Å². The van der Waals surface area contributed by atoms with Crippen molar-refractivity contribution in [3.8, 4) is 0 Å². The maximum Gasteiger partial charge on any atom is 0.422 e. The molecule has 0 spiro atoms. The molecule has 1 aliphatic carbocycles. The third-order valence-corrected chi connectivity index (χ3v) is 2.58. The second kappa shape index (κ2) is 5.60. The van der Waals surface area contributed by atoms with Gasteiger partial charge in [0.15, 0.2) is 5.60 Å². The Hall–Kier alpha value is -1.24. The molecule has 0 aromatic carbocycles. The Morgan fingerprint density at radius 3 is 2.56 bits per heavy atom. The molecular formula is C11H16F3NO3. The fraction of sp³-hybridized carbons (Fsp3) is 0.727. The third-order valence-electron chi connectivity index (χ3n) is 2.58. The molecule has 2 N–H and O–H groups in total. The molecule has 0 bridgehead atoms. The first-order valence-electron chi connectivity index (χ1n) is 5.66. The average Bonchev–Trinajstić information content (AvgIpc) is 3.08. The summed E-state index contributed by atoms with van der Waals surface area (Å²) in [5.41, 5.74) is -3.10. The Balaban J connectivity index is 2.61. The predicted octanol–water partition coefficient (Wildman–Crippen LogP) is 1.36. The lowest BCUT2D eigenvalue weighted by molar-refractivity contribution is -0.237. The SMILES string of the molecule is CCOC=CC(O)(CNC(=O)C1CC1)C(F)(F)F. The Kier molecular flexibility index (Phi) is 4.61. The highest BCUT2D eigenvalue weighted by molar-refractivity contribution is 5.80. The van der Waals surface area contributed by atoms with Crippen LogP contribution in [0.2, 0.25) is 0 Å². The van der Waals surface area contributed by atoms with E-state index in [9.17, 15) is 23.1 Å². The highest BCUT2D eigenvalue weighted by Gasteiger charge is 2.52. The molecule has 0 heterocycles. The van der Waals surface area contributed by atoms with E-state index in [-0.39, 0.29) is 12.5 Å². The van der Waals surface area contributed by atoms with Gasteiger partial charge in [0.1, 0.15) is 0 Å². The minimum atomic E-state index is -4.88. The van der Waals surface area contributed by atoms with Gasteiger partial charge in [-0.15, -0.1) is 0 Å². The summed E-state index contributed by atoms with van der Waals surface area (Å²) in [6, 6.07) is 0. The quantitative estimate of drug-likeness (QED) is 0.714. The van der Waals surface area contributed by atoms with E-state index < -0.39 is 24.2 Å². The molecule has 0 radical (unpaired) electrons. The molecule has 1 unspecified atom stereocenters. The van der Waals surface area contributed by atoms with E-state index in [4.69, 9.17) is 0 Å². The van der Waals surface area contributed by atoms with Crippen LogP contribution in [-0.4, -0.2) is 35.9 Å². The second-order valence-electron chi connectivity index (χ2n) is 4.17. The van der Waals surface area contributed by atoms with Crippen LogP contribution >= 0.6 is 0 Å². The van der Waals surface area contributed by atoms with Gasteiger partial charge < -0.3 is 15.2 Å². The molecule has 18 heavy (non-hydrogen) atoms. The third kappa shape index (κ3) is 3.90. The first-order valence-corrected chi connectivity index (χ1v) is 5.66. The van der Waals surface area contributed by atoms with Crippen molar-refractivity contribution in [2.45, 2.75) is 31.5 Å². The van der Waals surface area contributed by atoms with E-state index in [1.807, 2.05) is 0 Å². The number of rotatable bonds is 6. The van der Waals surface area contributed by atoms with Crippen molar-refractivity contribution in [2.75, 3.05) is 13.2 Å². The number of halogens is 3. The van der Waals surface area contributed by atoms with E-state index in [1.54, 1.807) is 6.92 Å². The van der Waals surface area contributed by atoms with Crippen LogP contribution in [0.4, 0.5) is 13.2 Å². The molecular weight excluding hydrogens is 251 g/mol. The van der Waals surface area contributed by atoms with Crippen LogP contribution in [-0.2, 0) is 9.53 Å². The lowest BCUT2D eigenvalue weighted by Crippen LogP contribution is -2.52. The van der Waals surface area contributed by atoms with E-state index >= 15 is 0 Å². The van der Waals surface area contributed by atoms with Crippen LogP contribution in [0, 0.1) is 5.92 Å². The minimum Gasteiger partial charge on any atom is -0.502 e. The number of aliphatic hydroxyl groups is 1. The van der Waals surface area contributed by atoms with Gasteiger partial charge in [0.25, 0.3) is 0 Å². The summed E-state index contributed by atoms with van der Waals surface area (Å²) in [5.74, 6) is -0.666. The lowest BCUT2D eigenvalue weighted by atomic mass is 10.0. The van der Waals surface area contributed by atoms with E-state index in [0.717, 1.165) is 6.26 Å². The van der Waals surface area contributed by atoms with Crippen LogP contribution in [0.5, 0.6) is 0 Å². The van der Waals surface area contributed by atoms with Crippen molar-refractivity contribution in [2.24, 2.45) is 5.92 Å². The number of hydrogen-bond donors (Lipinski definition) is 2. The molecule has 0 aromatic rings. The van der Waals surface area contributed by atoms with Crippen LogP contribution < -0.4 is 5.32 Å². The van der Waals surface area contributed by atoms with Crippen molar-refractivity contribution >= 4 is 5.91 Å². The van der Waals surface area contributed by atoms with Crippen LogP contribution in [0.25, 0.3) is 0 Å². The van der Waals surface area contributed by atoms with Crippen molar-refractivity contribution in [1.29, 1.82) is 0 Å². The van der Waals surface area contributed by atoms with Crippen molar-refractivity contribution < 1.29 is 27.8 Å². The van der Waals surface area contributed by atoms with Gasteiger partial charge in [-0.1, -0.05) is 0 Å². The summed E-state index contributed by atoms with van der Waals surface area (Å²) in [6.07, 6.45) is -2.21. The largest absolute Gasteiger partial charge is 0.502 e. The maximum atomic E-state index is 12.7. The Bertz CT molecular complexity index is 326. The molecule has 1 rings (SSSR count). The molecule has 1 saturated carbocycles. The Morgan fingerprint density at radius 1 is 1.50 bits per heavy atom. The normalized spacial score (nSPS) is 19.6. The molecule has 0 saturated heterocycles. The molecule has 104 valence electrons. The summed E-state index contributed by atoms with van der Waals surface area (Å²) in [6.45, 7) is 0.889. The molecule has 1 fully saturated rings. The predicted molar refractivity (Wildman–Crippen MR) is 57.5 cm³/mol. The number of hydrogen-bond acceptors (Lipinski definition) is 3. The number of ether oxygens (including phenoxy) is 1. The molecule has 1 amide bonds. The summed E-state index contributed by atoms with van der Waals surface area (Å²) >= 11 is 0. The van der Waals surface area contributed by atoms with Crippen LogP contribution in [0.15, 0.2) is 12.3 Å². The van der Waals surface area contributed by atoms with Crippen molar-refractivity contribution in [3.05, 3.63) is 12.3 Å². The fourth-order valence-electron chi connectivity index (χ4n) is 1.22. The monoisotopic (exact) mass is 267 g/mol. The van der Waals surface area contributed by atoms with Gasteiger partial charge in [-0.3, -0.25) is 4.79 Å². The number of alkyl halides is 3. The van der Waals surface area contributed by atoms with Gasteiger partial charge >= 0.3 is 6.18 Å². The molecule has 7 heteroatoms. The molecule has 0 aromatic heterocycles. The smallest absolute Gasteiger partial charge is 0.422 e. The number of carbonyl (C=O) groups is 1. The van der Waals surface area contributed by atoms with Crippen LogP contribution in [0.1, 0.15) is 19.8 Å². The Labute approximate surface area is 103 Å². The van der Waals surface area contributed by atoms with Gasteiger partial charge in [0.2, 0.25) is 5.91 Å². The molecule has 4 nitrogen and oxygen atoms in total. The molecule has 1 atom stereocenters. The first kappa shape index (κ1) is 14.8. The number of amides is 1. The zero-order chi connectivity index (χ0) is 13.8. The summed E-state index contributed by atoms with van der Waals surface area (Å²) in [7, 11) is 0. The van der Waals surface area contributed by atoms with Crippen molar-refractivity contribution in [3.63, 3.8) is 0 Å². The van der Waals surface area contributed by atoms with Gasteiger partial charge in [-0.25, -0.2) is 0 Å². The highest BCUT2D eigenvalue weighted by Crippen LogP contribution is 2.32. The van der Waals surface area contributed by atoms with Gasteiger partial charge in [-0.05, 0) is 25.8 Å². The zero-order valence-electron chi connectivity index (χ0n) is 9.96. The summed E-state index contributed by atoms with van der Waals surface area (Å²) in [5, 5.41) is 11.6. The Morgan fingerprint density at radius 2 is 2.11 bits per heavy atom. The van der Waals surface area contributed by atoms with E-state index in [1.165, 1.54) is 0 Å². The van der Waals surface area contributed by atoms with Gasteiger partial charge in [0, 0.05) is 5.92 Å². The topological polar surface area (TPSA) is 58.6 Å². The number of nitrogens with one attached hydrogen (secondary N) is 1. The minimum absolute atomic E-state index is 0.193. The fourth-order valence-corrected chi connectivity index (χ4v) is 1.22. The summed E-state index contributed by atoms with van der Waals surface area (Å²) < 4.78 is 42.7. The maximum absolute atomic E-state index is 12.7. The summed E-state index contributed by atoms with van der Waals surface area (Å²) in [4.78, 5) is 11.3. The van der Waals surface area contributed by atoms with Gasteiger partial charge in [0.05, 0.1) is 19.4 Å². The first-order chi connectivity index (χ1) is 8.30. The molecule has 0 aliphatic heterocycles. The molecule has 1 aliphatic rings. The number of carbonyl (C=O) groups excluding carboxylic acids is 1. The zero-order valence-corrected chi connectivity index (χ0v) is 9.96.